The third-order valence-electron chi connectivity index (χ3n) is 1.82. The number of nitrogens with one attached hydrogen (secondary N) is 1. The highest BCUT2D eigenvalue weighted by Gasteiger charge is 2.04. The van der Waals surface area contributed by atoms with Crippen LogP contribution >= 0.6 is 0 Å². The number of amides is 1. The highest BCUT2D eigenvalue weighted by molar-refractivity contribution is 5.78. The summed E-state index contributed by atoms with van der Waals surface area (Å²) in [6, 6.07) is 5.53. The Morgan fingerprint density at radius 2 is 2.40 bits per heavy atom. The van der Waals surface area contributed by atoms with Crippen LogP contribution in [0.15, 0.2) is 36.5 Å². The Bertz CT molecular complexity index is 335. The Labute approximate surface area is 89.6 Å². The summed E-state index contributed by atoms with van der Waals surface area (Å²) in [6.07, 6.45) is 5.72. The Morgan fingerprint density at radius 1 is 1.60 bits per heavy atom. The third kappa shape index (κ3) is 3.81. The number of hydrazine groups is 1. The molecule has 0 unspecified atom stereocenters. The average Bonchev–Trinajstić information content (AvgIpc) is 2.27. The van der Waals surface area contributed by atoms with Crippen molar-refractivity contribution in [1.82, 2.24) is 10.4 Å². The molecule has 0 aliphatic rings. The summed E-state index contributed by atoms with van der Waals surface area (Å²) < 4.78 is 0. The lowest BCUT2D eigenvalue weighted by Crippen LogP contribution is -2.39. The lowest BCUT2D eigenvalue weighted by molar-refractivity contribution is -0.120. The molecule has 0 saturated heterocycles. The molecule has 1 aromatic rings. The van der Waals surface area contributed by atoms with E-state index in [4.69, 9.17) is 0 Å². The highest BCUT2D eigenvalue weighted by Crippen LogP contribution is 2.03. The smallest absolute Gasteiger partial charge is 0.242 e. The zero-order chi connectivity index (χ0) is 11.1. The van der Waals surface area contributed by atoms with Crippen molar-refractivity contribution in [3.8, 4) is 0 Å². The molecular formula is C11H15N3O. The van der Waals surface area contributed by atoms with E-state index < -0.39 is 0 Å². The van der Waals surface area contributed by atoms with Crippen molar-refractivity contribution < 1.29 is 4.79 Å². The quantitative estimate of drug-likeness (QED) is 0.598. The monoisotopic (exact) mass is 205 g/mol. The highest BCUT2D eigenvalue weighted by atomic mass is 16.2. The molecule has 1 heterocycles. The van der Waals surface area contributed by atoms with Gasteiger partial charge in [-0.2, -0.15) is 0 Å². The number of hydrogen-bond acceptors (Lipinski definition) is 3. The van der Waals surface area contributed by atoms with Gasteiger partial charge in [-0.3, -0.25) is 15.2 Å². The molecule has 4 nitrogen and oxygen atoms in total. The molecule has 0 atom stereocenters. The molecule has 1 aromatic heterocycles. The van der Waals surface area contributed by atoms with Crippen molar-refractivity contribution in [1.29, 1.82) is 0 Å². The van der Waals surface area contributed by atoms with E-state index in [1.165, 1.54) is 0 Å². The first kappa shape index (κ1) is 11.2. The standard InChI is InChI=1S/C11H15N3O/c1-3-4-8-11(15)13-14(2)10-7-5-6-9-12-10/h3-7,9H,8H2,1-2H3,(H,13,15)/b4-3+. The predicted molar refractivity (Wildman–Crippen MR) is 60.2 cm³/mol. The molecule has 1 rings (SSSR count). The van der Waals surface area contributed by atoms with Crippen LogP contribution in [0, 0.1) is 0 Å². The molecule has 0 radical (unpaired) electrons. The van der Waals surface area contributed by atoms with Crippen molar-refractivity contribution >= 4 is 11.7 Å². The lowest BCUT2D eigenvalue weighted by Gasteiger charge is -2.18. The molecule has 0 aromatic carbocycles. The van der Waals surface area contributed by atoms with Gasteiger partial charge in [0.05, 0.1) is 0 Å². The fraction of sp³-hybridized carbons (Fsp3) is 0.273. The van der Waals surface area contributed by atoms with E-state index in [0.29, 0.717) is 12.2 Å². The molecular weight excluding hydrogens is 190 g/mol. The van der Waals surface area contributed by atoms with Gasteiger partial charge < -0.3 is 0 Å². The molecule has 1 N–H and O–H groups in total. The van der Waals surface area contributed by atoms with Gasteiger partial charge in [-0.1, -0.05) is 18.2 Å². The molecule has 0 fully saturated rings. The van der Waals surface area contributed by atoms with Crippen LogP contribution in [0.4, 0.5) is 5.82 Å². The summed E-state index contributed by atoms with van der Waals surface area (Å²) in [4.78, 5) is 15.5. The van der Waals surface area contributed by atoms with Gasteiger partial charge in [-0.05, 0) is 19.1 Å². The minimum absolute atomic E-state index is 0.0544. The zero-order valence-corrected chi connectivity index (χ0v) is 8.97. The van der Waals surface area contributed by atoms with Crippen molar-refractivity contribution in [3.05, 3.63) is 36.5 Å². The van der Waals surface area contributed by atoms with Gasteiger partial charge >= 0.3 is 0 Å². The second-order valence-electron chi connectivity index (χ2n) is 3.06. The molecule has 0 aliphatic carbocycles. The maximum atomic E-state index is 11.4. The summed E-state index contributed by atoms with van der Waals surface area (Å²) >= 11 is 0. The summed E-state index contributed by atoms with van der Waals surface area (Å²) in [6.45, 7) is 1.88. The Kier molecular flexibility index (Phi) is 4.34. The fourth-order valence-electron chi connectivity index (χ4n) is 1.07. The Hall–Kier alpha value is -1.84. The van der Waals surface area contributed by atoms with Crippen LogP contribution in [-0.2, 0) is 4.79 Å². The summed E-state index contributed by atoms with van der Waals surface area (Å²) in [5.41, 5.74) is 2.71. The number of nitrogens with zero attached hydrogens (tertiary/aromatic N) is 2. The average molecular weight is 205 g/mol. The number of carbonyl (C=O) groups excluding carboxylic acids is 1. The van der Waals surface area contributed by atoms with Crippen LogP contribution in [0.5, 0.6) is 0 Å². The molecule has 4 heteroatoms. The molecule has 80 valence electrons. The minimum atomic E-state index is -0.0544. The normalized spacial score (nSPS) is 10.3. The van der Waals surface area contributed by atoms with E-state index in [1.807, 2.05) is 37.3 Å². The van der Waals surface area contributed by atoms with Crippen molar-refractivity contribution in [2.24, 2.45) is 0 Å². The largest absolute Gasteiger partial charge is 0.273 e. The number of rotatable bonds is 4. The number of allylic oxidation sites excluding steroid dienone is 1. The van der Waals surface area contributed by atoms with Gasteiger partial charge in [0, 0.05) is 19.7 Å². The van der Waals surface area contributed by atoms with E-state index in [0.717, 1.165) is 0 Å². The van der Waals surface area contributed by atoms with Crippen LogP contribution in [0.25, 0.3) is 0 Å². The minimum Gasteiger partial charge on any atom is -0.273 e. The molecule has 15 heavy (non-hydrogen) atoms. The van der Waals surface area contributed by atoms with E-state index in [9.17, 15) is 4.79 Å². The van der Waals surface area contributed by atoms with E-state index in [-0.39, 0.29) is 5.91 Å². The van der Waals surface area contributed by atoms with E-state index >= 15 is 0 Å². The molecule has 0 aliphatic heterocycles. The van der Waals surface area contributed by atoms with Gasteiger partial charge in [-0.15, -0.1) is 0 Å². The van der Waals surface area contributed by atoms with E-state index in [1.54, 1.807) is 18.3 Å². The number of aromatic nitrogens is 1. The number of anilines is 1. The Morgan fingerprint density at radius 3 is 3.00 bits per heavy atom. The van der Waals surface area contributed by atoms with Gasteiger partial charge in [0.1, 0.15) is 5.82 Å². The first-order chi connectivity index (χ1) is 7.24. The number of pyridine rings is 1. The van der Waals surface area contributed by atoms with Crippen LogP contribution < -0.4 is 10.4 Å². The van der Waals surface area contributed by atoms with Crippen LogP contribution in [-0.4, -0.2) is 17.9 Å². The SMILES string of the molecule is C/C=C/CC(=O)NN(C)c1ccccn1. The summed E-state index contributed by atoms with van der Waals surface area (Å²) in [5.74, 6) is 0.660. The fourth-order valence-corrected chi connectivity index (χ4v) is 1.07. The van der Waals surface area contributed by atoms with Gasteiger partial charge in [0.25, 0.3) is 0 Å². The zero-order valence-electron chi connectivity index (χ0n) is 8.97. The van der Waals surface area contributed by atoms with Crippen molar-refractivity contribution in [2.75, 3.05) is 12.1 Å². The molecule has 0 bridgehead atoms. The summed E-state index contributed by atoms with van der Waals surface area (Å²) in [5, 5.41) is 1.60. The van der Waals surface area contributed by atoms with E-state index in [2.05, 4.69) is 10.4 Å². The van der Waals surface area contributed by atoms with Gasteiger partial charge in [0.2, 0.25) is 5.91 Å². The topological polar surface area (TPSA) is 45.2 Å². The molecule has 1 amide bonds. The van der Waals surface area contributed by atoms with Crippen molar-refractivity contribution in [2.45, 2.75) is 13.3 Å². The third-order valence-corrected chi connectivity index (χ3v) is 1.82. The van der Waals surface area contributed by atoms with Gasteiger partial charge in [-0.25, -0.2) is 4.98 Å². The van der Waals surface area contributed by atoms with Crippen LogP contribution in [0.3, 0.4) is 0 Å². The predicted octanol–water partition coefficient (Wildman–Crippen LogP) is 1.52. The van der Waals surface area contributed by atoms with Crippen LogP contribution in [0.1, 0.15) is 13.3 Å². The molecule has 0 saturated carbocycles. The second-order valence-corrected chi connectivity index (χ2v) is 3.06. The number of carbonyl (C=O) groups is 1. The second kappa shape index (κ2) is 5.80. The summed E-state index contributed by atoms with van der Waals surface area (Å²) in [7, 11) is 1.76. The first-order valence-electron chi connectivity index (χ1n) is 4.79. The maximum absolute atomic E-state index is 11.4. The van der Waals surface area contributed by atoms with Crippen LogP contribution in [0.2, 0.25) is 0 Å². The lowest BCUT2D eigenvalue weighted by atomic mass is 10.4. The first-order valence-corrected chi connectivity index (χ1v) is 4.79. The molecule has 0 spiro atoms. The van der Waals surface area contributed by atoms with Crippen molar-refractivity contribution in [3.63, 3.8) is 0 Å². The van der Waals surface area contributed by atoms with Gasteiger partial charge in [0.15, 0.2) is 0 Å². The Balaban J connectivity index is 2.49. The number of hydrogen-bond donors (Lipinski definition) is 1. The maximum Gasteiger partial charge on any atom is 0.242 e.